The molecule has 2 heterocycles. The maximum Gasteiger partial charge on any atom is 0.289 e. The first-order valence-electron chi connectivity index (χ1n) is 6.16. The van der Waals surface area contributed by atoms with E-state index in [0.717, 1.165) is 18.7 Å². The number of nitrogens with zero attached hydrogens (tertiary/aromatic N) is 1. The number of hydrogen-bond donors (Lipinski definition) is 0. The molecule has 0 atom stereocenters. The number of amides is 1. The van der Waals surface area contributed by atoms with Crippen LogP contribution in [0.25, 0.3) is 0 Å². The maximum absolute atomic E-state index is 12.3. The van der Waals surface area contributed by atoms with Gasteiger partial charge < -0.3 is 9.32 Å². The Morgan fingerprint density at radius 2 is 1.94 bits per heavy atom. The normalized spacial score (nSPS) is 14.4. The van der Waals surface area contributed by atoms with Crippen molar-refractivity contribution < 1.29 is 9.21 Å². The summed E-state index contributed by atoms with van der Waals surface area (Å²) in [6.07, 6.45) is 0.918. The number of benzene rings is 1. The minimum absolute atomic E-state index is 0.0161. The standard InChI is InChI=1S/C15H15NO2/c1-11-6-7-14(18-11)15(17)16-9-8-12-4-2-3-5-13(12)10-16/h2-7H,8-10H2,1H3. The largest absolute Gasteiger partial charge is 0.456 e. The summed E-state index contributed by atoms with van der Waals surface area (Å²) in [5.41, 5.74) is 2.58. The van der Waals surface area contributed by atoms with Gasteiger partial charge in [-0.15, -0.1) is 0 Å². The zero-order valence-electron chi connectivity index (χ0n) is 10.3. The van der Waals surface area contributed by atoms with Crippen LogP contribution >= 0.6 is 0 Å². The molecular weight excluding hydrogens is 226 g/mol. The van der Waals surface area contributed by atoms with Crippen LogP contribution in [0, 0.1) is 6.92 Å². The summed E-state index contributed by atoms with van der Waals surface area (Å²) < 4.78 is 5.40. The van der Waals surface area contributed by atoms with Crippen molar-refractivity contribution in [2.45, 2.75) is 19.9 Å². The highest BCUT2D eigenvalue weighted by atomic mass is 16.3. The van der Waals surface area contributed by atoms with Crippen molar-refractivity contribution in [3.05, 3.63) is 59.0 Å². The molecule has 1 aliphatic rings. The van der Waals surface area contributed by atoms with Gasteiger partial charge in [-0.2, -0.15) is 0 Å². The second-order valence-electron chi connectivity index (χ2n) is 4.66. The van der Waals surface area contributed by atoms with E-state index >= 15 is 0 Å². The van der Waals surface area contributed by atoms with Crippen LogP contribution in [0.5, 0.6) is 0 Å². The predicted molar refractivity (Wildman–Crippen MR) is 68.3 cm³/mol. The van der Waals surface area contributed by atoms with Crippen molar-refractivity contribution in [3.8, 4) is 0 Å². The lowest BCUT2D eigenvalue weighted by Crippen LogP contribution is -2.35. The molecule has 1 amide bonds. The van der Waals surface area contributed by atoms with Gasteiger partial charge in [-0.25, -0.2) is 0 Å². The summed E-state index contributed by atoms with van der Waals surface area (Å²) in [7, 11) is 0. The quantitative estimate of drug-likeness (QED) is 0.769. The van der Waals surface area contributed by atoms with Crippen molar-refractivity contribution >= 4 is 5.91 Å². The van der Waals surface area contributed by atoms with Crippen LogP contribution in [0.1, 0.15) is 27.4 Å². The summed E-state index contributed by atoms with van der Waals surface area (Å²) in [4.78, 5) is 14.1. The fourth-order valence-corrected chi connectivity index (χ4v) is 2.37. The fourth-order valence-electron chi connectivity index (χ4n) is 2.37. The molecule has 18 heavy (non-hydrogen) atoms. The Bertz CT molecular complexity index is 586. The molecule has 3 nitrogen and oxygen atoms in total. The average Bonchev–Trinajstić information content (AvgIpc) is 2.84. The third-order valence-corrected chi connectivity index (χ3v) is 3.37. The Hall–Kier alpha value is -2.03. The number of carbonyl (C=O) groups is 1. The maximum atomic E-state index is 12.3. The van der Waals surface area contributed by atoms with Crippen molar-refractivity contribution in [2.24, 2.45) is 0 Å². The monoisotopic (exact) mass is 241 g/mol. The third-order valence-electron chi connectivity index (χ3n) is 3.37. The Kier molecular flexibility index (Phi) is 2.67. The third kappa shape index (κ3) is 1.92. The van der Waals surface area contributed by atoms with E-state index in [1.807, 2.05) is 30.0 Å². The van der Waals surface area contributed by atoms with Crippen LogP contribution in [0.3, 0.4) is 0 Å². The minimum Gasteiger partial charge on any atom is -0.456 e. The second kappa shape index (κ2) is 4.33. The van der Waals surface area contributed by atoms with Gasteiger partial charge in [-0.05, 0) is 36.6 Å². The fraction of sp³-hybridized carbons (Fsp3) is 0.267. The molecule has 3 heteroatoms. The molecular formula is C15H15NO2. The first kappa shape index (κ1) is 11.1. The van der Waals surface area contributed by atoms with Gasteiger partial charge in [-0.1, -0.05) is 24.3 Å². The van der Waals surface area contributed by atoms with Gasteiger partial charge in [0.25, 0.3) is 5.91 Å². The zero-order chi connectivity index (χ0) is 12.5. The van der Waals surface area contributed by atoms with Crippen LogP contribution in [-0.2, 0) is 13.0 Å². The topological polar surface area (TPSA) is 33.5 Å². The van der Waals surface area contributed by atoms with Crippen LogP contribution in [0.4, 0.5) is 0 Å². The molecule has 0 fully saturated rings. The molecule has 0 spiro atoms. The van der Waals surface area contributed by atoms with E-state index in [9.17, 15) is 4.79 Å². The molecule has 0 bridgehead atoms. The van der Waals surface area contributed by atoms with E-state index in [4.69, 9.17) is 4.42 Å². The molecule has 0 saturated carbocycles. The number of furan rings is 1. The summed E-state index contributed by atoms with van der Waals surface area (Å²) in [5, 5.41) is 0. The van der Waals surface area contributed by atoms with Gasteiger partial charge in [0.15, 0.2) is 5.76 Å². The Morgan fingerprint density at radius 3 is 2.67 bits per heavy atom. The molecule has 0 aliphatic carbocycles. The highest BCUT2D eigenvalue weighted by Crippen LogP contribution is 2.20. The summed E-state index contributed by atoms with van der Waals surface area (Å²) in [5.74, 6) is 1.19. The molecule has 2 aromatic rings. The van der Waals surface area contributed by atoms with Crippen molar-refractivity contribution in [1.29, 1.82) is 0 Å². The van der Waals surface area contributed by atoms with Crippen LogP contribution in [0.2, 0.25) is 0 Å². The Balaban J connectivity index is 1.82. The molecule has 92 valence electrons. The van der Waals surface area contributed by atoms with Crippen LogP contribution < -0.4 is 0 Å². The number of aryl methyl sites for hydroxylation is 1. The van der Waals surface area contributed by atoms with E-state index in [0.29, 0.717) is 12.3 Å². The van der Waals surface area contributed by atoms with E-state index in [2.05, 4.69) is 12.1 Å². The molecule has 0 saturated heterocycles. The molecule has 0 radical (unpaired) electrons. The molecule has 3 rings (SSSR count). The lowest BCUT2D eigenvalue weighted by atomic mass is 10.00. The van der Waals surface area contributed by atoms with E-state index in [-0.39, 0.29) is 5.91 Å². The predicted octanol–water partition coefficient (Wildman–Crippen LogP) is 2.79. The number of hydrogen-bond acceptors (Lipinski definition) is 2. The van der Waals surface area contributed by atoms with Crippen molar-refractivity contribution in [2.75, 3.05) is 6.54 Å². The van der Waals surface area contributed by atoms with Gasteiger partial charge >= 0.3 is 0 Å². The highest BCUT2D eigenvalue weighted by molar-refractivity contribution is 5.91. The van der Waals surface area contributed by atoms with Crippen molar-refractivity contribution in [1.82, 2.24) is 4.90 Å². The van der Waals surface area contributed by atoms with E-state index in [1.54, 1.807) is 6.07 Å². The number of rotatable bonds is 1. The number of carbonyl (C=O) groups excluding carboxylic acids is 1. The Morgan fingerprint density at radius 1 is 1.17 bits per heavy atom. The molecule has 1 aromatic heterocycles. The SMILES string of the molecule is Cc1ccc(C(=O)N2CCc3ccccc3C2)o1. The van der Waals surface area contributed by atoms with Gasteiger partial charge in [0.1, 0.15) is 5.76 Å². The zero-order valence-corrected chi connectivity index (χ0v) is 10.3. The van der Waals surface area contributed by atoms with Gasteiger partial charge in [0.2, 0.25) is 0 Å². The first-order chi connectivity index (χ1) is 8.74. The average molecular weight is 241 g/mol. The second-order valence-corrected chi connectivity index (χ2v) is 4.66. The first-order valence-corrected chi connectivity index (χ1v) is 6.16. The molecule has 0 N–H and O–H groups in total. The van der Waals surface area contributed by atoms with Crippen LogP contribution in [0.15, 0.2) is 40.8 Å². The Labute approximate surface area is 106 Å². The van der Waals surface area contributed by atoms with Crippen LogP contribution in [-0.4, -0.2) is 17.4 Å². The summed E-state index contributed by atoms with van der Waals surface area (Å²) in [6.45, 7) is 3.28. The van der Waals surface area contributed by atoms with E-state index < -0.39 is 0 Å². The van der Waals surface area contributed by atoms with E-state index in [1.165, 1.54) is 11.1 Å². The van der Waals surface area contributed by atoms with Gasteiger partial charge in [0.05, 0.1) is 0 Å². The summed E-state index contributed by atoms with van der Waals surface area (Å²) in [6, 6.07) is 11.9. The molecule has 1 aromatic carbocycles. The summed E-state index contributed by atoms with van der Waals surface area (Å²) >= 11 is 0. The lowest BCUT2D eigenvalue weighted by molar-refractivity contribution is 0.0701. The lowest BCUT2D eigenvalue weighted by Gasteiger charge is -2.28. The van der Waals surface area contributed by atoms with Crippen molar-refractivity contribution in [3.63, 3.8) is 0 Å². The molecule has 1 aliphatic heterocycles. The van der Waals surface area contributed by atoms with Gasteiger partial charge in [0, 0.05) is 13.1 Å². The molecule has 0 unspecified atom stereocenters. The number of fused-ring (bicyclic) bond motifs is 1. The smallest absolute Gasteiger partial charge is 0.289 e. The minimum atomic E-state index is -0.0161. The highest BCUT2D eigenvalue weighted by Gasteiger charge is 2.23. The van der Waals surface area contributed by atoms with Gasteiger partial charge in [-0.3, -0.25) is 4.79 Å².